The van der Waals surface area contributed by atoms with Crippen LogP contribution < -0.4 is 4.90 Å². The van der Waals surface area contributed by atoms with E-state index in [1.165, 1.54) is 17.3 Å². The van der Waals surface area contributed by atoms with Gasteiger partial charge in [0.25, 0.3) is 0 Å². The minimum Gasteiger partial charge on any atom is -0.378 e. The number of carbonyl (C=O) groups is 1. The van der Waals surface area contributed by atoms with E-state index >= 15 is 0 Å². The summed E-state index contributed by atoms with van der Waals surface area (Å²) in [7, 11) is 0. The van der Waals surface area contributed by atoms with E-state index < -0.39 is 0 Å². The Morgan fingerprint density at radius 3 is 2.40 bits per heavy atom. The van der Waals surface area contributed by atoms with Crippen LogP contribution in [0.3, 0.4) is 0 Å². The molecule has 4 rings (SSSR count). The van der Waals surface area contributed by atoms with Crippen molar-refractivity contribution in [3.63, 3.8) is 0 Å². The number of benzene rings is 2. The molecule has 0 spiro atoms. The SMILES string of the molecule is Cc1ccc(-n2c(SC(C)C(=O)c3ccc(Br)cc3)nnc2N2CCOCC2)cc1. The van der Waals surface area contributed by atoms with Crippen molar-refractivity contribution in [1.82, 2.24) is 14.8 Å². The molecular weight excluding hydrogens is 464 g/mol. The summed E-state index contributed by atoms with van der Waals surface area (Å²) in [5, 5.41) is 9.35. The molecule has 6 nitrogen and oxygen atoms in total. The summed E-state index contributed by atoms with van der Waals surface area (Å²) in [5.74, 6) is 0.854. The maximum atomic E-state index is 12.9. The molecule has 156 valence electrons. The third-order valence-electron chi connectivity index (χ3n) is 4.98. The molecule has 1 aliphatic rings. The van der Waals surface area contributed by atoms with Gasteiger partial charge in [0.15, 0.2) is 10.9 Å². The van der Waals surface area contributed by atoms with Gasteiger partial charge < -0.3 is 9.64 Å². The fraction of sp³-hybridized carbons (Fsp3) is 0.318. The molecular formula is C22H23BrN4O2S. The first-order valence-corrected chi connectivity index (χ1v) is 11.5. The Kier molecular flexibility index (Phi) is 6.55. The number of hydrogen-bond acceptors (Lipinski definition) is 6. The lowest BCUT2D eigenvalue weighted by Crippen LogP contribution is -2.37. The van der Waals surface area contributed by atoms with E-state index in [4.69, 9.17) is 4.74 Å². The number of aromatic nitrogens is 3. The summed E-state index contributed by atoms with van der Waals surface area (Å²) < 4.78 is 8.49. The van der Waals surface area contributed by atoms with E-state index in [0.29, 0.717) is 23.9 Å². The van der Waals surface area contributed by atoms with Crippen LogP contribution in [0.15, 0.2) is 58.2 Å². The van der Waals surface area contributed by atoms with Crippen molar-refractivity contribution >= 4 is 39.4 Å². The first kappa shape index (κ1) is 21.1. The Balaban J connectivity index is 1.65. The van der Waals surface area contributed by atoms with Gasteiger partial charge in [0, 0.05) is 23.1 Å². The van der Waals surface area contributed by atoms with Crippen molar-refractivity contribution in [2.45, 2.75) is 24.3 Å². The predicted molar refractivity (Wildman–Crippen MR) is 123 cm³/mol. The molecule has 1 fully saturated rings. The standard InChI is InChI=1S/C22H23BrN4O2S/c1-15-3-9-19(10-4-15)27-21(26-11-13-29-14-12-26)24-25-22(27)30-16(2)20(28)17-5-7-18(23)8-6-17/h3-10,16H,11-14H2,1-2H3. The lowest BCUT2D eigenvalue weighted by atomic mass is 10.1. The van der Waals surface area contributed by atoms with Crippen LogP contribution in [0, 0.1) is 6.92 Å². The Bertz CT molecular complexity index is 1010. The number of ether oxygens (including phenoxy) is 1. The van der Waals surface area contributed by atoms with Crippen LogP contribution >= 0.6 is 27.7 Å². The maximum absolute atomic E-state index is 12.9. The molecule has 0 N–H and O–H groups in total. The minimum absolute atomic E-state index is 0.0684. The topological polar surface area (TPSA) is 60.2 Å². The average Bonchev–Trinajstić information content (AvgIpc) is 3.18. The highest BCUT2D eigenvalue weighted by Gasteiger charge is 2.25. The van der Waals surface area contributed by atoms with Gasteiger partial charge in [-0.05, 0) is 38.1 Å². The van der Waals surface area contributed by atoms with Gasteiger partial charge in [-0.15, -0.1) is 10.2 Å². The van der Waals surface area contributed by atoms with Crippen LogP contribution in [0.5, 0.6) is 0 Å². The molecule has 1 aromatic heterocycles. The van der Waals surface area contributed by atoms with E-state index in [2.05, 4.69) is 62.2 Å². The summed E-state index contributed by atoms with van der Waals surface area (Å²) in [6.45, 7) is 6.85. The van der Waals surface area contributed by atoms with Gasteiger partial charge in [-0.3, -0.25) is 9.36 Å². The number of anilines is 1. The zero-order chi connectivity index (χ0) is 21.1. The summed E-state index contributed by atoms with van der Waals surface area (Å²) in [6, 6.07) is 15.7. The summed E-state index contributed by atoms with van der Waals surface area (Å²) in [5.41, 5.74) is 2.86. The normalized spacial score (nSPS) is 15.2. The third-order valence-corrected chi connectivity index (χ3v) is 6.55. The van der Waals surface area contributed by atoms with E-state index in [1.54, 1.807) is 0 Å². The Hall–Kier alpha value is -2.16. The number of carbonyl (C=O) groups excluding carboxylic acids is 1. The number of thioether (sulfide) groups is 1. The van der Waals surface area contributed by atoms with E-state index in [9.17, 15) is 4.79 Å². The molecule has 0 saturated carbocycles. The Morgan fingerprint density at radius 1 is 1.07 bits per heavy atom. The van der Waals surface area contributed by atoms with Gasteiger partial charge in [-0.1, -0.05) is 57.5 Å². The van der Waals surface area contributed by atoms with E-state index in [0.717, 1.165) is 29.2 Å². The van der Waals surface area contributed by atoms with Crippen LogP contribution in [-0.4, -0.2) is 52.1 Å². The smallest absolute Gasteiger partial charge is 0.232 e. The number of Topliss-reactive ketones (excluding diaryl/α,β-unsaturated/α-hetero) is 1. The minimum atomic E-state index is -0.294. The van der Waals surface area contributed by atoms with Crippen molar-refractivity contribution in [3.05, 3.63) is 64.1 Å². The number of ketones is 1. The van der Waals surface area contributed by atoms with Crippen LogP contribution in [0.4, 0.5) is 5.95 Å². The molecule has 0 bridgehead atoms. The molecule has 8 heteroatoms. The van der Waals surface area contributed by atoms with Crippen molar-refractivity contribution in [1.29, 1.82) is 0 Å². The molecule has 0 amide bonds. The lowest BCUT2D eigenvalue weighted by molar-refractivity contribution is 0.0994. The van der Waals surface area contributed by atoms with Gasteiger partial charge in [-0.25, -0.2) is 0 Å². The number of halogens is 1. The second-order valence-corrected chi connectivity index (χ2v) is 9.41. The molecule has 30 heavy (non-hydrogen) atoms. The van der Waals surface area contributed by atoms with Gasteiger partial charge in [0.1, 0.15) is 0 Å². The first-order chi connectivity index (χ1) is 14.5. The molecule has 0 aliphatic carbocycles. The van der Waals surface area contributed by atoms with Crippen LogP contribution in [0.25, 0.3) is 5.69 Å². The summed E-state index contributed by atoms with van der Waals surface area (Å²) in [6.07, 6.45) is 0. The number of aryl methyl sites for hydroxylation is 1. The molecule has 3 aromatic rings. The first-order valence-electron chi connectivity index (χ1n) is 9.84. The highest BCUT2D eigenvalue weighted by Crippen LogP contribution is 2.31. The van der Waals surface area contributed by atoms with Gasteiger partial charge in [0.05, 0.1) is 24.2 Å². The molecule has 1 saturated heterocycles. The van der Waals surface area contributed by atoms with Crippen molar-refractivity contribution in [3.8, 4) is 5.69 Å². The molecule has 2 heterocycles. The van der Waals surface area contributed by atoms with Crippen LogP contribution in [0.1, 0.15) is 22.8 Å². The monoisotopic (exact) mass is 486 g/mol. The molecule has 2 aromatic carbocycles. The molecule has 1 unspecified atom stereocenters. The van der Waals surface area contributed by atoms with Gasteiger partial charge >= 0.3 is 0 Å². The summed E-state index contributed by atoms with van der Waals surface area (Å²) >= 11 is 4.85. The average molecular weight is 487 g/mol. The fourth-order valence-corrected chi connectivity index (χ4v) is 4.49. The van der Waals surface area contributed by atoms with Gasteiger partial charge in [0.2, 0.25) is 5.95 Å². The lowest BCUT2D eigenvalue weighted by Gasteiger charge is -2.28. The number of nitrogens with zero attached hydrogens (tertiary/aromatic N) is 4. The van der Waals surface area contributed by atoms with Gasteiger partial charge in [-0.2, -0.15) is 0 Å². The largest absolute Gasteiger partial charge is 0.378 e. The highest BCUT2D eigenvalue weighted by atomic mass is 79.9. The maximum Gasteiger partial charge on any atom is 0.232 e. The summed E-state index contributed by atoms with van der Waals surface area (Å²) in [4.78, 5) is 15.1. The Morgan fingerprint density at radius 2 is 1.73 bits per heavy atom. The second kappa shape index (κ2) is 9.32. The van der Waals surface area contributed by atoms with Crippen molar-refractivity contribution in [2.75, 3.05) is 31.2 Å². The Labute approximate surface area is 188 Å². The second-order valence-electron chi connectivity index (χ2n) is 7.18. The van der Waals surface area contributed by atoms with Crippen molar-refractivity contribution in [2.24, 2.45) is 0 Å². The quantitative estimate of drug-likeness (QED) is 0.376. The number of rotatable bonds is 6. The third kappa shape index (κ3) is 4.61. The van der Waals surface area contributed by atoms with E-state index in [-0.39, 0.29) is 11.0 Å². The number of morpholine rings is 1. The molecule has 1 aliphatic heterocycles. The van der Waals surface area contributed by atoms with Crippen molar-refractivity contribution < 1.29 is 9.53 Å². The zero-order valence-electron chi connectivity index (χ0n) is 16.9. The fourth-order valence-electron chi connectivity index (χ4n) is 3.29. The molecule has 0 radical (unpaired) electrons. The molecule has 1 atom stereocenters. The van der Waals surface area contributed by atoms with Crippen LogP contribution in [-0.2, 0) is 4.74 Å². The highest BCUT2D eigenvalue weighted by molar-refractivity contribution is 9.10. The predicted octanol–water partition coefficient (Wildman–Crippen LogP) is 4.54. The van der Waals surface area contributed by atoms with E-state index in [1.807, 2.05) is 35.8 Å². The zero-order valence-corrected chi connectivity index (χ0v) is 19.3. The van der Waals surface area contributed by atoms with Crippen LogP contribution in [0.2, 0.25) is 0 Å². The number of hydrogen-bond donors (Lipinski definition) is 0.